The van der Waals surface area contributed by atoms with Crippen molar-refractivity contribution in [2.75, 3.05) is 13.2 Å². The number of pyridine rings is 2. The minimum absolute atomic E-state index is 0.195. The van der Waals surface area contributed by atoms with Crippen molar-refractivity contribution in [3.8, 4) is 5.75 Å². The molecule has 1 aliphatic heterocycles. The standard InChI is InChI=1S/C17H17N3O6/c1-20-15-10(6-9(7-18-15)11-4-2-3-5-26-11)14(23)13(17(20)25)16(24)19-8-12(21)22/h4,6-7,23H,2-3,5,8H2,1H3,(H,19,24)(H,21,22). The van der Waals surface area contributed by atoms with E-state index in [0.717, 1.165) is 17.4 Å². The molecule has 0 aliphatic carbocycles. The molecule has 0 fully saturated rings. The van der Waals surface area contributed by atoms with Crippen LogP contribution in [0, 0.1) is 0 Å². The largest absolute Gasteiger partial charge is 0.506 e. The first kappa shape index (κ1) is 17.5. The zero-order valence-electron chi connectivity index (χ0n) is 14.0. The van der Waals surface area contributed by atoms with Gasteiger partial charge >= 0.3 is 5.97 Å². The van der Waals surface area contributed by atoms with E-state index in [4.69, 9.17) is 9.84 Å². The van der Waals surface area contributed by atoms with Crippen LogP contribution in [0.15, 0.2) is 23.1 Å². The molecule has 3 N–H and O–H groups in total. The van der Waals surface area contributed by atoms with Gasteiger partial charge in [0.15, 0.2) is 0 Å². The Labute approximate surface area is 147 Å². The zero-order valence-corrected chi connectivity index (χ0v) is 14.0. The lowest BCUT2D eigenvalue weighted by molar-refractivity contribution is -0.135. The SMILES string of the molecule is Cn1c(=O)c(C(=O)NCC(=O)O)c(O)c2cc(C3=CCCCO3)cnc21. The van der Waals surface area contributed by atoms with Gasteiger partial charge in [-0.1, -0.05) is 0 Å². The van der Waals surface area contributed by atoms with E-state index in [0.29, 0.717) is 17.9 Å². The summed E-state index contributed by atoms with van der Waals surface area (Å²) in [5, 5.41) is 21.4. The summed E-state index contributed by atoms with van der Waals surface area (Å²) in [4.78, 5) is 39.4. The van der Waals surface area contributed by atoms with Crippen LogP contribution < -0.4 is 10.9 Å². The first-order valence-electron chi connectivity index (χ1n) is 7.95. The summed E-state index contributed by atoms with van der Waals surface area (Å²) >= 11 is 0. The molecule has 0 saturated carbocycles. The Morgan fingerprint density at radius 3 is 2.85 bits per heavy atom. The van der Waals surface area contributed by atoms with E-state index in [2.05, 4.69) is 10.3 Å². The van der Waals surface area contributed by atoms with Gasteiger partial charge in [-0.15, -0.1) is 0 Å². The Hall–Kier alpha value is -3.36. The number of hydrogen-bond acceptors (Lipinski definition) is 6. The molecule has 9 heteroatoms. The minimum atomic E-state index is -1.26. The van der Waals surface area contributed by atoms with Gasteiger partial charge in [-0.3, -0.25) is 19.0 Å². The number of fused-ring (bicyclic) bond motifs is 1. The lowest BCUT2D eigenvalue weighted by atomic mass is 10.1. The number of allylic oxidation sites excluding steroid dienone is 1. The van der Waals surface area contributed by atoms with Gasteiger partial charge in [0.25, 0.3) is 11.5 Å². The highest BCUT2D eigenvalue weighted by atomic mass is 16.5. The molecular weight excluding hydrogens is 342 g/mol. The number of aromatic hydroxyl groups is 1. The van der Waals surface area contributed by atoms with Crippen molar-refractivity contribution in [2.24, 2.45) is 7.05 Å². The van der Waals surface area contributed by atoms with E-state index >= 15 is 0 Å². The van der Waals surface area contributed by atoms with Gasteiger partial charge in [-0.2, -0.15) is 0 Å². The third-order valence-corrected chi connectivity index (χ3v) is 4.04. The highest BCUT2D eigenvalue weighted by molar-refractivity contribution is 6.02. The van der Waals surface area contributed by atoms with E-state index in [-0.39, 0.29) is 11.0 Å². The van der Waals surface area contributed by atoms with Crippen LogP contribution in [0.1, 0.15) is 28.8 Å². The molecule has 0 spiro atoms. The molecule has 3 rings (SSSR count). The molecule has 2 aromatic heterocycles. The van der Waals surface area contributed by atoms with Crippen LogP contribution in [-0.4, -0.2) is 44.8 Å². The molecule has 136 valence electrons. The van der Waals surface area contributed by atoms with Crippen LogP contribution in [0.5, 0.6) is 5.75 Å². The van der Waals surface area contributed by atoms with Crippen LogP contribution in [0.4, 0.5) is 0 Å². The number of carboxylic acids is 1. The van der Waals surface area contributed by atoms with Crippen molar-refractivity contribution in [3.63, 3.8) is 0 Å². The number of carbonyl (C=O) groups is 2. The second-order valence-electron chi connectivity index (χ2n) is 5.82. The molecule has 3 heterocycles. The van der Waals surface area contributed by atoms with E-state index in [9.17, 15) is 19.5 Å². The quantitative estimate of drug-likeness (QED) is 0.729. The lowest BCUT2D eigenvalue weighted by Crippen LogP contribution is -2.35. The van der Waals surface area contributed by atoms with Gasteiger partial charge in [-0.05, 0) is 25.0 Å². The average molecular weight is 359 g/mol. The van der Waals surface area contributed by atoms with Crippen molar-refractivity contribution in [1.82, 2.24) is 14.9 Å². The van der Waals surface area contributed by atoms with E-state index in [1.54, 1.807) is 6.07 Å². The number of rotatable bonds is 4. The van der Waals surface area contributed by atoms with Crippen LogP contribution in [-0.2, 0) is 16.6 Å². The summed E-state index contributed by atoms with van der Waals surface area (Å²) in [5.41, 5.74) is -0.490. The van der Waals surface area contributed by atoms with Crippen LogP contribution >= 0.6 is 0 Å². The summed E-state index contributed by atoms with van der Waals surface area (Å²) in [5.74, 6) is -2.15. The molecular formula is C17H17N3O6. The third kappa shape index (κ3) is 3.10. The lowest BCUT2D eigenvalue weighted by Gasteiger charge is -2.16. The number of ether oxygens (including phenoxy) is 1. The number of nitrogens with one attached hydrogen (secondary N) is 1. The number of aliphatic carboxylic acids is 1. The Bertz CT molecular complexity index is 992. The van der Waals surface area contributed by atoms with Crippen LogP contribution in [0.25, 0.3) is 16.8 Å². The molecule has 0 atom stereocenters. The smallest absolute Gasteiger partial charge is 0.322 e. The number of amides is 1. The normalized spacial score (nSPS) is 13.8. The fourth-order valence-electron chi connectivity index (χ4n) is 2.74. The highest BCUT2D eigenvalue weighted by Crippen LogP contribution is 2.29. The molecule has 1 amide bonds. The second kappa shape index (κ2) is 6.87. The molecule has 0 unspecified atom stereocenters. The predicted octanol–water partition coefficient (Wildman–Crippen LogP) is 0.605. The van der Waals surface area contributed by atoms with Gasteiger partial charge in [0.1, 0.15) is 29.3 Å². The van der Waals surface area contributed by atoms with Gasteiger partial charge < -0.3 is 20.3 Å². The Balaban J connectivity index is 2.14. The van der Waals surface area contributed by atoms with E-state index in [1.165, 1.54) is 13.2 Å². The van der Waals surface area contributed by atoms with Gasteiger partial charge in [0, 0.05) is 18.8 Å². The van der Waals surface area contributed by atoms with Crippen LogP contribution in [0.3, 0.4) is 0 Å². The molecule has 2 aromatic rings. The number of hydrogen-bond donors (Lipinski definition) is 3. The summed E-state index contributed by atoms with van der Waals surface area (Å²) in [6.45, 7) is -0.0928. The van der Waals surface area contributed by atoms with Gasteiger partial charge in [0.2, 0.25) is 0 Å². The number of carboxylic acid groups (broad SMARTS) is 1. The maximum Gasteiger partial charge on any atom is 0.322 e. The predicted molar refractivity (Wildman–Crippen MR) is 91.8 cm³/mol. The molecule has 0 saturated heterocycles. The number of carbonyl (C=O) groups excluding carboxylic acids is 1. The molecule has 0 radical (unpaired) electrons. The summed E-state index contributed by atoms with van der Waals surface area (Å²) in [6.07, 6.45) is 5.21. The second-order valence-corrected chi connectivity index (χ2v) is 5.82. The van der Waals surface area contributed by atoms with E-state index in [1.807, 2.05) is 6.08 Å². The summed E-state index contributed by atoms with van der Waals surface area (Å²) < 4.78 is 6.71. The molecule has 0 bridgehead atoms. The molecule has 0 aromatic carbocycles. The molecule has 26 heavy (non-hydrogen) atoms. The van der Waals surface area contributed by atoms with E-state index < -0.39 is 35.3 Å². The first-order valence-corrected chi connectivity index (χ1v) is 7.95. The summed E-state index contributed by atoms with van der Waals surface area (Å²) in [6, 6.07) is 1.59. The Morgan fingerprint density at radius 2 is 2.19 bits per heavy atom. The van der Waals surface area contributed by atoms with Crippen molar-refractivity contribution in [1.29, 1.82) is 0 Å². The Morgan fingerprint density at radius 1 is 1.42 bits per heavy atom. The fourth-order valence-corrected chi connectivity index (χ4v) is 2.74. The van der Waals surface area contributed by atoms with Crippen molar-refractivity contribution in [2.45, 2.75) is 12.8 Å². The third-order valence-electron chi connectivity index (χ3n) is 4.04. The highest BCUT2D eigenvalue weighted by Gasteiger charge is 2.23. The summed E-state index contributed by atoms with van der Waals surface area (Å²) in [7, 11) is 1.42. The number of aryl methyl sites for hydroxylation is 1. The monoisotopic (exact) mass is 359 g/mol. The molecule has 9 nitrogen and oxygen atoms in total. The van der Waals surface area contributed by atoms with Gasteiger partial charge in [0.05, 0.1) is 12.0 Å². The van der Waals surface area contributed by atoms with Gasteiger partial charge in [-0.25, -0.2) is 4.98 Å². The maximum atomic E-state index is 12.4. The maximum absolute atomic E-state index is 12.4. The number of aromatic nitrogens is 2. The van der Waals surface area contributed by atoms with Crippen LogP contribution in [0.2, 0.25) is 0 Å². The number of nitrogens with zero attached hydrogens (tertiary/aromatic N) is 2. The Kier molecular flexibility index (Phi) is 4.61. The minimum Gasteiger partial charge on any atom is -0.506 e. The fraction of sp³-hybridized carbons (Fsp3) is 0.294. The topological polar surface area (TPSA) is 131 Å². The van der Waals surface area contributed by atoms with Crippen molar-refractivity contribution in [3.05, 3.63) is 39.8 Å². The zero-order chi connectivity index (χ0) is 18.8. The molecule has 1 aliphatic rings. The van der Waals surface area contributed by atoms with Crippen molar-refractivity contribution >= 4 is 28.7 Å². The average Bonchev–Trinajstić information content (AvgIpc) is 2.65. The first-order chi connectivity index (χ1) is 12.4. The van der Waals surface area contributed by atoms with Crippen molar-refractivity contribution < 1.29 is 24.5 Å².